The van der Waals surface area contributed by atoms with Gasteiger partial charge in [-0.1, -0.05) is 6.92 Å². The lowest BCUT2D eigenvalue weighted by atomic mass is 10.2. The van der Waals surface area contributed by atoms with Crippen LogP contribution < -0.4 is 9.47 Å². The average Bonchev–Trinajstić information content (AvgIpc) is 2.45. The maximum absolute atomic E-state index is 12.4. The van der Waals surface area contributed by atoms with Gasteiger partial charge in [0.2, 0.25) is 10.0 Å². The van der Waals surface area contributed by atoms with Gasteiger partial charge in [0.25, 0.3) is 0 Å². The molecule has 7 nitrogen and oxygen atoms in total. The van der Waals surface area contributed by atoms with Gasteiger partial charge in [0.15, 0.2) is 11.5 Å². The number of nitrogens with zero attached hydrogens (tertiary/aromatic N) is 1. The molecule has 1 rings (SSSR count). The summed E-state index contributed by atoms with van der Waals surface area (Å²) in [6.07, 6.45) is 0. The molecule has 0 spiro atoms. The first-order valence-corrected chi connectivity index (χ1v) is 7.59. The number of carboxylic acid groups (broad SMARTS) is 1. The highest BCUT2D eigenvalue weighted by Gasteiger charge is 2.25. The summed E-state index contributed by atoms with van der Waals surface area (Å²) in [7, 11) is 0.406. The zero-order valence-electron chi connectivity index (χ0n) is 12.4. The van der Waals surface area contributed by atoms with Gasteiger partial charge in [-0.2, -0.15) is 0 Å². The van der Waals surface area contributed by atoms with Crippen LogP contribution in [-0.2, 0) is 14.8 Å². The number of hydrogen-bond acceptors (Lipinski definition) is 5. The molecule has 1 atom stereocenters. The summed E-state index contributed by atoms with van der Waals surface area (Å²) in [5.41, 5.74) is 0. The van der Waals surface area contributed by atoms with Crippen LogP contribution in [0.3, 0.4) is 0 Å². The van der Waals surface area contributed by atoms with Crippen molar-refractivity contribution in [3.63, 3.8) is 0 Å². The summed E-state index contributed by atoms with van der Waals surface area (Å²) in [5.74, 6) is -1.15. The van der Waals surface area contributed by atoms with Crippen molar-refractivity contribution in [2.45, 2.75) is 11.8 Å². The first kappa shape index (κ1) is 17.3. The third-order valence-electron chi connectivity index (χ3n) is 3.02. The highest BCUT2D eigenvalue weighted by atomic mass is 32.2. The van der Waals surface area contributed by atoms with E-state index in [9.17, 15) is 13.2 Å². The van der Waals surface area contributed by atoms with Gasteiger partial charge in [-0.15, -0.1) is 0 Å². The fourth-order valence-corrected chi connectivity index (χ4v) is 2.99. The Morgan fingerprint density at radius 3 is 2.33 bits per heavy atom. The van der Waals surface area contributed by atoms with E-state index in [-0.39, 0.29) is 11.4 Å². The highest BCUT2D eigenvalue weighted by Crippen LogP contribution is 2.30. The smallest absolute Gasteiger partial charge is 0.307 e. The van der Waals surface area contributed by atoms with Gasteiger partial charge in [-0.05, 0) is 12.1 Å². The molecule has 0 amide bonds. The maximum atomic E-state index is 12.4. The Balaban J connectivity index is 3.10. The number of methoxy groups -OCH3 is 2. The second kappa shape index (κ2) is 6.77. The summed E-state index contributed by atoms with van der Waals surface area (Å²) in [6, 6.07) is 4.22. The molecule has 1 aromatic carbocycles. The molecule has 0 aliphatic carbocycles. The molecule has 0 saturated heterocycles. The van der Waals surface area contributed by atoms with Crippen molar-refractivity contribution < 1.29 is 27.8 Å². The third kappa shape index (κ3) is 3.85. The van der Waals surface area contributed by atoms with Crippen molar-refractivity contribution in [3.8, 4) is 11.5 Å². The van der Waals surface area contributed by atoms with Crippen molar-refractivity contribution in [3.05, 3.63) is 18.2 Å². The molecular weight excluding hydrogens is 298 g/mol. The van der Waals surface area contributed by atoms with Crippen molar-refractivity contribution >= 4 is 16.0 Å². The van der Waals surface area contributed by atoms with Gasteiger partial charge in [-0.3, -0.25) is 4.79 Å². The number of benzene rings is 1. The van der Waals surface area contributed by atoms with Gasteiger partial charge in [0, 0.05) is 19.7 Å². The summed E-state index contributed by atoms with van der Waals surface area (Å²) in [6.45, 7) is 1.33. The van der Waals surface area contributed by atoms with Gasteiger partial charge in [-0.25, -0.2) is 12.7 Å². The van der Waals surface area contributed by atoms with Crippen LogP contribution >= 0.6 is 0 Å². The van der Waals surface area contributed by atoms with Crippen LogP contribution in [0.1, 0.15) is 6.92 Å². The normalized spacial score (nSPS) is 13.0. The molecule has 1 unspecified atom stereocenters. The minimum Gasteiger partial charge on any atom is -0.493 e. The molecule has 1 N–H and O–H groups in total. The predicted molar refractivity (Wildman–Crippen MR) is 76.2 cm³/mol. The topological polar surface area (TPSA) is 93.1 Å². The molecule has 0 aromatic heterocycles. The second-order valence-corrected chi connectivity index (χ2v) is 6.59. The van der Waals surface area contributed by atoms with Crippen LogP contribution in [0.2, 0.25) is 0 Å². The van der Waals surface area contributed by atoms with Gasteiger partial charge >= 0.3 is 5.97 Å². The quantitative estimate of drug-likeness (QED) is 0.808. The lowest BCUT2D eigenvalue weighted by molar-refractivity contribution is -0.141. The fraction of sp³-hybridized carbons (Fsp3) is 0.462. The van der Waals surface area contributed by atoms with Crippen LogP contribution in [0.4, 0.5) is 0 Å². The first-order chi connectivity index (χ1) is 9.73. The number of rotatable bonds is 7. The Morgan fingerprint density at radius 2 is 1.86 bits per heavy atom. The van der Waals surface area contributed by atoms with Gasteiger partial charge < -0.3 is 14.6 Å². The Morgan fingerprint density at radius 1 is 1.29 bits per heavy atom. The van der Waals surface area contributed by atoms with Crippen molar-refractivity contribution in [2.24, 2.45) is 5.92 Å². The number of ether oxygens (including phenoxy) is 2. The van der Waals surface area contributed by atoms with Gasteiger partial charge in [0.05, 0.1) is 25.0 Å². The van der Waals surface area contributed by atoms with E-state index in [4.69, 9.17) is 14.6 Å². The van der Waals surface area contributed by atoms with E-state index in [0.29, 0.717) is 11.5 Å². The van der Waals surface area contributed by atoms with Crippen LogP contribution in [0.15, 0.2) is 23.1 Å². The SMILES string of the molecule is COc1ccc(S(=O)(=O)N(C)CC(C)C(=O)O)cc1OC. The summed E-state index contributed by atoms with van der Waals surface area (Å²) < 4.78 is 35.9. The zero-order chi connectivity index (χ0) is 16.2. The predicted octanol–water partition coefficient (Wildman–Crippen LogP) is 1.04. The molecule has 0 radical (unpaired) electrons. The van der Waals surface area contributed by atoms with E-state index in [0.717, 1.165) is 4.31 Å². The third-order valence-corrected chi connectivity index (χ3v) is 4.84. The molecule has 118 valence electrons. The van der Waals surface area contributed by atoms with E-state index >= 15 is 0 Å². The lowest BCUT2D eigenvalue weighted by Gasteiger charge is -2.20. The highest BCUT2D eigenvalue weighted by molar-refractivity contribution is 7.89. The molecule has 21 heavy (non-hydrogen) atoms. The minimum atomic E-state index is -3.79. The number of hydrogen-bond donors (Lipinski definition) is 1. The van der Waals surface area contributed by atoms with E-state index in [1.54, 1.807) is 0 Å². The summed E-state index contributed by atoms with van der Waals surface area (Å²) >= 11 is 0. The Bertz CT molecular complexity index is 613. The van der Waals surface area contributed by atoms with E-state index in [2.05, 4.69) is 0 Å². The number of aliphatic carboxylic acids is 1. The summed E-state index contributed by atoms with van der Waals surface area (Å²) in [4.78, 5) is 10.8. The standard InChI is InChI=1S/C13H19NO6S/c1-9(13(15)16)8-14(2)21(17,18)10-5-6-11(19-3)12(7-10)20-4/h5-7,9H,8H2,1-4H3,(H,15,16). The van der Waals surface area contributed by atoms with E-state index in [1.165, 1.54) is 46.4 Å². The Hall–Kier alpha value is -1.80. The second-order valence-electron chi connectivity index (χ2n) is 4.54. The summed E-state index contributed by atoms with van der Waals surface area (Å²) in [5, 5.41) is 8.86. The molecule has 0 fully saturated rings. The maximum Gasteiger partial charge on any atom is 0.307 e. The van der Waals surface area contributed by atoms with E-state index in [1.807, 2.05) is 0 Å². The van der Waals surface area contributed by atoms with Crippen molar-refractivity contribution in [1.29, 1.82) is 0 Å². The fourth-order valence-electron chi connectivity index (χ4n) is 1.72. The zero-order valence-corrected chi connectivity index (χ0v) is 13.2. The van der Waals surface area contributed by atoms with Crippen LogP contribution in [0.5, 0.6) is 11.5 Å². The molecule has 1 aromatic rings. The Labute approximate surface area is 124 Å². The first-order valence-electron chi connectivity index (χ1n) is 6.15. The van der Waals surface area contributed by atoms with Crippen LogP contribution in [0.25, 0.3) is 0 Å². The molecule has 8 heteroatoms. The number of carboxylic acids is 1. The van der Waals surface area contributed by atoms with Gasteiger partial charge in [0.1, 0.15) is 0 Å². The molecular formula is C13H19NO6S. The molecule has 0 aliphatic heterocycles. The molecule has 0 heterocycles. The molecule has 0 saturated carbocycles. The lowest BCUT2D eigenvalue weighted by Crippen LogP contribution is -2.33. The number of sulfonamides is 1. The van der Waals surface area contributed by atoms with E-state index < -0.39 is 21.9 Å². The Kier molecular flexibility index (Phi) is 5.56. The largest absolute Gasteiger partial charge is 0.493 e. The van der Waals surface area contributed by atoms with Crippen LogP contribution in [0, 0.1) is 5.92 Å². The van der Waals surface area contributed by atoms with Crippen LogP contribution in [-0.4, -0.2) is 51.6 Å². The average molecular weight is 317 g/mol. The minimum absolute atomic E-state index is 0.0141. The molecule has 0 aliphatic rings. The molecule has 0 bridgehead atoms. The monoisotopic (exact) mass is 317 g/mol. The van der Waals surface area contributed by atoms with Crippen molar-refractivity contribution in [1.82, 2.24) is 4.31 Å². The van der Waals surface area contributed by atoms with Crippen molar-refractivity contribution in [2.75, 3.05) is 27.8 Å². The number of carbonyl (C=O) groups is 1.